The molecule has 2 heteroatoms. The minimum atomic E-state index is 0.107. The van der Waals surface area contributed by atoms with E-state index in [0.29, 0.717) is 0 Å². The Morgan fingerprint density at radius 3 is 2.81 bits per heavy atom. The average Bonchev–Trinajstić information content (AvgIpc) is 2.39. The van der Waals surface area contributed by atoms with E-state index in [9.17, 15) is 0 Å². The number of benzene rings is 1. The molecule has 2 heterocycles. The Hall–Kier alpha value is -1.83. The summed E-state index contributed by atoms with van der Waals surface area (Å²) in [6.07, 6.45) is 4.00. The lowest BCUT2D eigenvalue weighted by Gasteiger charge is -2.25. The van der Waals surface area contributed by atoms with Gasteiger partial charge in [0.2, 0.25) is 0 Å². The quantitative estimate of drug-likeness (QED) is 0.723. The number of fused-ring (bicyclic) bond motifs is 1. The standard InChI is InChI=1S/C14H13NO/c1-2-7-13-11(5-1)8-9-14(16-13)12-6-3-4-10-15-12/h1-7,10,14H,8-9H2/t14-/m0/s1. The van der Waals surface area contributed by atoms with Crippen molar-refractivity contribution in [2.75, 3.05) is 0 Å². The van der Waals surface area contributed by atoms with Crippen molar-refractivity contribution < 1.29 is 4.74 Å². The molecular formula is C14H13NO. The van der Waals surface area contributed by atoms with Crippen LogP contribution in [0.25, 0.3) is 0 Å². The number of aromatic nitrogens is 1. The highest BCUT2D eigenvalue weighted by Gasteiger charge is 2.21. The van der Waals surface area contributed by atoms with Gasteiger partial charge in [0, 0.05) is 6.20 Å². The summed E-state index contributed by atoms with van der Waals surface area (Å²) >= 11 is 0. The van der Waals surface area contributed by atoms with Gasteiger partial charge in [0.05, 0.1) is 5.69 Å². The molecule has 0 N–H and O–H groups in total. The predicted molar refractivity (Wildman–Crippen MR) is 62.4 cm³/mol. The summed E-state index contributed by atoms with van der Waals surface area (Å²) in [6, 6.07) is 14.2. The van der Waals surface area contributed by atoms with Crippen LogP contribution >= 0.6 is 0 Å². The van der Waals surface area contributed by atoms with Gasteiger partial charge in [0.15, 0.2) is 0 Å². The molecule has 0 unspecified atom stereocenters. The number of ether oxygens (including phenoxy) is 1. The first-order valence-electron chi connectivity index (χ1n) is 5.59. The second kappa shape index (κ2) is 3.97. The zero-order valence-corrected chi connectivity index (χ0v) is 8.97. The number of rotatable bonds is 1. The molecule has 0 bridgehead atoms. The molecule has 80 valence electrons. The molecule has 0 saturated heterocycles. The summed E-state index contributed by atoms with van der Waals surface area (Å²) in [6.45, 7) is 0. The van der Waals surface area contributed by atoms with Crippen LogP contribution in [-0.4, -0.2) is 4.98 Å². The number of hydrogen-bond acceptors (Lipinski definition) is 2. The Bertz CT molecular complexity index is 481. The Morgan fingerprint density at radius 2 is 1.94 bits per heavy atom. The summed E-state index contributed by atoms with van der Waals surface area (Å²) in [5, 5.41) is 0. The lowest BCUT2D eigenvalue weighted by atomic mass is 10.0. The predicted octanol–water partition coefficient (Wildman–Crippen LogP) is 3.15. The lowest BCUT2D eigenvalue weighted by Crippen LogP contribution is -2.15. The molecule has 1 aromatic carbocycles. The third-order valence-corrected chi connectivity index (χ3v) is 2.94. The molecule has 1 atom stereocenters. The topological polar surface area (TPSA) is 22.1 Å². The molecule has 1 aliphatic rings. The van der Waals surface area contributed by atoms with Gasteiger partial charge in [-0.1, -0.05) is 24.3 Å². The fourth-order valence-electron chi connectivity index (χ4n) is 2.10. The molecule has 2 aromatic rings. The van der Waals surface area contributed by atoms with Crippen molar-refractivity contribution in [1.82, 2.24) is 4.98 Å². The van der Waals surface area contributed by atoms with E-state index in [2.05, 4.69) is 17.1 Å². The smallest absolute Gasteiger partial charge is 0.141 e. The van der Waals surface area contributed by atoms with Crippen molar-refractivity contribution in [2.24, 2.45) is 0 Å². The lowest BCUT2D eigenvalue weighted by molar-refractivity contribution is 0.172. The number of nitrogens with zero attached hydrogens (tertiary/aromatic N) is 1. The summed E-state index contributed by atoms with van der Waals surface area (Å²) in [5.74, 6) is 1.00. The molecule has 3 rings (SSSR count). The maximum atomic E-state index is 5.96. The van der Waals surface area contributed by atoms with E-state index in [1.54, 1.807) is 0 Å². The van der Waals surface area contributed by atoms with Gasteiger partial charge in [0.25, 0.3) is 0 Å². The zero-order valence-electron chi connectivity index (χ0n) is 8.97. The molecule has 0 aliphatic carbocycles. The monoisotopic (exact) mass is 211 g/mol. The van der Waals surface area contributed by atoms with Crippen molar-refractivity contribution in [2.45, 2.75) is 18.9 Å². The second-order valence-electron chi connectivity index (χ2n) is 4.01. The highest BCUT2D eigenvalue weighted by atomic mass is 16.5. The average molecular weight is 211 g/mol. The molecule has 2 nitrogen and oxygen atoms in total. The fourth-order valence-corrected chi connectivity index (χ4v) is 2.10. The van der Waals surface area contributed by atoms with Gasteiger partial charge < -0.3 is 4.74 Å². The van der Waals surface area contributed by atoms with Crippen LogP contribution in [0, 0.1) is 0 Å². The van der Waals surface area contributed by atoms with Crippen LogP contribution in [-0.2, 0) is 6.42 Å². The van der Waals surface area contributed by atoms with Crippen molar-refractivity contribution >= 4 is 0 Å². The van der Waals surface area contributed by atoms with Crippen LogP contribution in [0.2, 0.25) is 0 Å². The van der Waals surface area contributed by atoms with Crippen molar-refractivity contribution in [3.05, 3.63) is 59.9 Å². The van der Waals surface area contributed by atoms with E-state index in [1.807, 2.05) is 36.5 Å². The summed E-state index contributed by atoms with van der Waals surface area (Å²) in [5.41, 5.74) is 2.33. The van der Waals surface area contributed by atoms with Gasteiger partial charge in [-0.2, -0.15) is 0 Å². The van der Waals surface area contributed by atoms with Crippen LogP contribution in [0.3, 0.4) is 0 Å². The maximum Gasteiger partial charge on any atom is 0.141 e. The highest BCUT2D eigenvalue weighted by Crippen LogP contribution is 2.33. The summed E-state index contributed by atoms with van der Waals surface area (Å²) < 4.78 is 5.96. The minimum Gasteiger partial charge on any atom is -0.484 e. The van der Waals surface area contributed by atoms with E-state index in [-0.39, 0.29) is 6.10 Å². The summed E-state index contributed by atoms with van der Waals surface area (Å²) in [4.78, 5) is 4.35. The molecule has 0 fully saturated rings. The van der Waals surface area contributed by atoms with Crippen LogP contribution in [0.5, 0.6) is 5.75 Å². The Balaban J connectivity index is 1.89. The van der Waals surface area contributed by atoms with Gasteiger partial charge in [-0.05, 0) is 36.6 Å². The van der Waals surface area contributed by atoms with E-state index in [1.165, 1.54) is 5.56 Å². The van der Waals surface area contributed by atoms with Crippen LogP contribution < -0.4 is 4.74 Å². The normalized spacial score (nSPS) is 18.6. The first-order chi connectivity index (χ1) is 7.93. The van der Waals surface area contributed by atoms with Gasteiger partial charge in [0.1, 0.15) is 11.9 Å². The first-order valence-corrected chi connectivity index (χ1v) is 5.59. The number of para-hydroxylation sites is 1. The third kappa shape index (κ3) is 1.67. The second-order valence-corrected chi connectivity index (χ2v) is 4.01. The molecule has 16 heavy (non-hydrogen) atoms. The van der Waals surface area contributed by atoms with Crippen LogP contribution in [0.1, 0.15) is 23.8 Å². The van der Waals surface area contributed by atoms with Crippen LogP contribution in [0.4, 0.5) is 0 Å². The SMILES string of the molecule is c1ccc([C@@H]2CCc3ccccc3O2)nc1. The number of aryl methyl sites for hydroxylation is 1. The first kappa shape index (κ1) is 9.40. The molecule has 0 radical (unpaired) electrons. The van der Waals surface area contributed by atoms with Crippen molar-refractivity contribution in [3.63, 3.8) is 0 Å². The fraction of sp³-hybridized carbons (Fsp3) is 0.214. The van der Waals surface area contributed by atoms with E-state index >= 15 is 0 Å². The van der Waals surface area contributed by atoms with Crippen molar-refractivity contribution in [1.29, 1.82) is 0 Å². The Kier molecular flexibility index (Phi) is 2.33. The zero-order chi connectivity index (χ0) is 10.8. The maximum absolute atomic E-state index is 5.96. The molecular weight excluding hydrogens is 198 g/mol. The van der Waals surface area contributed by atoms with E-state index in [0.717, 1.165) is 24.3 Å². The number of hydrogen-bond donors (Lipinski definition) is 0. The Labute approximate surface area is 94.9 Å². The molecule has 1 aliphatic heterocycles. The van der Waals surface area contributed by atoms with Gasteiger partial charge in [-0.15, -0.1) is 0 Å². The van der Waals surface area contributed by atoms with E-state index in [4.69, 9.17) is 4.74 Å². The molecule has 0 spiro atoms. The van der Waals surface area contributed by atoms with Gasteiger partial charge in [-0.25, -0.2) is 0 Å². The third-order valence-electron chi connectivity index (χ3n) is 2.94. The van der Waals surface area contributed by atoms with Gasteiger partial charge in [-0.3, -0.25) is 4.98 Å². The highest BCUT2D eigenvalue weighted by molar-refractivity contribution is 5.35. The van der Waals surface area contributed by atoms with Gasteiger partial charge >= 0.3 is 0 Å². The van der Waals surface area contributed by atoms with Crippen molar-refractivity contribution in [3.8, 4) is 5.75 Å². The van der Waals surface area contributed by atoms with E-state index < -0.39 is 0 Å². The Morgan fingerprint density at radius 1 is 1.06 bits per heavy atom. The summed E-state index contributed by atoms with van der Waals surface area (Å²) in [7, 11) is 0. The number of pyridine rings is 1. The minimum absolute atomic E-state index is 0.107. The molecule has 0 saturated carbocycles. The largest absolute Gasteiger partial charge is 0.484 e. The van der Waals surface area contributed by atoms with Crippen LogP contribution in [0.15, 0.2) is 48.7 Å². The molecule has 0 amide bonds. The molecule has 1 aromatic heterocycles.